The van der Waals surface area contributed by atoms with E-state index in [0.29, 0.717) is 24.1 Å². The summed E-state index contributed by atoms with van der Waals surface area (Å²) in [5, 5.41) is 6.59. The van der Waals surface area contributed by atoms with E-state index in [-0.39, 0.29) is 6.61 Å². The Labute approximate surface area is 133 Å². The quantitative estimate of drug-likeness (QED) is 0.460. The lowest BCUT2D eigenvalue weighted by atomic mass is 10.2. The maximum atomic E-state index is 5.50. The lowest BCUT2D eigenvalue weighted by Gasteiger charge is -2.17. The minimum atomic E-state index is 0.213. The van der Waals surface area contributed by atoms with Crippen LogP contribution >= 0.6 is 0 Å². The van der Waals surface area contributed by atoms with Crippen molar-refractivity contribution in [3.8, 4) is 23.8 Å². The van der Waals surface area contributed by atoms with Gasteiger partial charge < -0.3 is 20.1 Å². The Morgan fingerprint density at radius 2 is 2.18 bits per heavy atom. The van der Waals surface area contributed by atoms with Crippen LogP contribution in [0.4, 0.5) is 0 Å². The number of hydrogen-bond acceptors (Lipinski definition) is 3. The highest BCUT2D eigenvalue weighted by Crippen LogP contribution is 2.27. The van der Waals surface area contributed by atoms with E-state index in [1.54, 1.807) is 14.2 Å². The number of aliphatic imine (C=N–C) groups is 1. The lowest BCUT2D eigenvalue weighted by Crippen LogP contribution is -2.41. The number of hydrogen-bond donors (Lipinski definition) is 2. The molecular formula is C17H25N3O2. The monoisotopic (exact) mass is 303 g/mol. The molecule has 0 heterocycles. The molecule has 0 spiro atoms. The highest BCUT2D eigenvalue weighted by molar-refractivity contribution is 5.79. The maximum absolute atomic E-state index is 5.50. The van der Waals surface area contributed by atoms with E-state index in [4.69, 9.17) is 15.9 Å². The van der Waals surface area contributed by atoms with Crippen LogP contribution in [-0.2, 0) is 6.54 Å². The summed E-state index contributed by atoms with van der Waals surface area (Å²) >= 11 is 0. The van der Waals surface area contributed by atoms with E-state index in [1.165, 1.54) is 0 Å². The first kappa shape index (κ1) is 17.7. The van der Waals surface area contributed by atoms with Gasteiger partial charge in [0.05, 0.1) is 7.11 Å². The molecule has 1 aromatic rings. The lowest BCUT2D eigenvalue weighted by molar-refractivity contribution is 0.330. The number of rotatable bonds is 7. The molecule has 0 saturated carbocycles. The molecule has 2 N–H and O–H groups in total. The van der Waals surface area contributed by atoms with Gasteiger partial charge in [0.1, 0.15) is 6.61 Å². The number of nitrogens with one attached hydrogen (secondary N) is 2. The van der Waals surface area contributed by atoms with E-state index in [2.05, 4.69) is 35.4 Å². The topological polar surface area (TPSA) is 54.9 Å². The molecule has 1 aromatic carbocycles. The van der Waals surface area contributed by atoms with Crippen molar-refractivity contribution in [3.05, 3.63) is 23.8 Å². The third kappa shape index (κ3) is 5.57. The third-order valence-electron chi connectivity index (χ3n) is 3.22. The van der Waals surface area contributed by atoms with Crippen LogP contribution in [0.3, 0.4) is 0 Å². The molecule has 1 rings (SSSR count). The third-order valence-corrected chi connectivity index (χ3v) is 3.22. The van der Waals surface area contributed by atoms with Gasteiger partial charge in [0.2, 0.25) is 0 Å². The summed E-state index contributed by atoms with van der Waals surface area (Å²) in [6.07, 6.45) is 6.26. The summed E-state index contributed by atoms with van der Waals surface area (Å²) in [5.41, 5.74) is 1.06. The zero-order chi connectivity index (χ0) is 16.4. The molecule has 0 aliphatic carbocycles. The van der Waals surface area contributed by atoms with Crippen molar-refractivity contribution in [2.75, 3.05) is 20.8 Å². The molecule has 0 aliphatic rings. The minimum absolute atomic E-state index is 0.213. The number of benzene rings is 1. The zero-order valence-electron chi connectivity index (χ0n) is 13.8. The molecule has 5 heteroatoms. The fraction of sp³-hybridized carbons (Fsp3) is 0.471. The van der Waals surface area contributed by atoms with Crippen molar-refractivity contribution >= 4 is 5.96 Å². The molecule has 1 unspecified atom stereocenters. The maximum Gasteiger partial charge on any atom is 0.191 e. The second-order valence-electron chi connectivity index (χ2n) is 4.86. The van der Waals surface area contributed by atoms with Gasteiger partial charge in [-0.25, -0.2) is 0 Å². The Hall–Kier alpha value is -2.35. The van der Waals surface area contributed by atoms with Gasteiger partial charge in [0.25, 0.3) is 0 Å². The highest BCUT2D eigenvalue weighted by atomic mass is 16.5. The Morgan fingerprint density at radius 3 is 2.77 bits per heavy atom. The first-order valence-corrected chi connectivity index (χ1v) is 7.34. The molecule has 1 atom stereocenters. The molecule has 0 aromatic heterocycles. The van der Waals surface area contributed by atoms with E-state index < -0.39 is 0 Å². The van der Waals surface area contributed by atoms with Crippen LogP contribution in [0.15, 0.2) is 23.2 Å². The minimum Gasteiger partial charge on any atom is -0.493 e. The second-order valence-corrected chi connectivity index (χ2v) is 4.86. The number of methoxy groups -OCH3 is 1. The van der Waals surface area contributed by atoms with E-state index >= 15 is 0 Å². The van der Waals surface area contributed by atoms with E-state index in [1.807, 2.05) is 18.2 Å². The van der Waals surface area contributed by atoms with Crippen LogP contribution in [0.2, 0.25) is 0 Å². The van der Waals surface area contributed by atoms with Gasteiger partial charge in [0, 0.05) is 19.6 Å². The second kappa shape index (κ2) is 9.56. The first-order chi connectivity index (χ1) is 10.6. The zero-order valence-corrected chi connectivity index (χ0v) is 13.8. The summed E-state index contributed by atoms with van der Waals surface area (Å²) in [7, 11) is 3.36. The van der Waals surface area contributed by atoms with Gasteiger partial charge in [-0.05, 0) is 31.0 Å². The van der Waals surface area contributed by atoms with Gasteiger partial charge in [0.15, 0.2) is 17.5 Å². The summed E-state index contributed by atoms with van der Waals surface area (Å²) in [6.45, 7) is 5.09. The smallest absolute Gasteiger partial charge is 0.191 e. The number of ether oxygens (including phenoxy) is 2. The predicted molar refractivity (Wildman–Crippen MR) is 90.4 cm³/mol. The number of nitrogens with zero attached hydrogens (tertiary/aromatic N) is 1. The number of guanidine groups is 1. The van der Waals surface area contributed by atoms with Crippen LogP contribution in [0.5, 0.6) is 11.5 Å². The number of terminal acetylenes is 1. The van der Waals surface area contributed by atoms with E-state index in [9.17, 15) is 0 Å². The van der Waals surface area contributed by atoms with Crippen LogP contribution in [0.25, 0.3) is 0 Å². The average molecular weight is 303 g/mol. The molecule has 0 radical (unpaired) electrons. The Bertz CT molecular complexity index is 535. The van der Waals surface area contributed by atoms with Gasteiger partial charge in [-0.3, -0.25) is 4.99 Å². The van der Waals surface area contributed by atoms with Crippen molar-refractivity contribution in [1.82, 2.24) is 10.6 Å². The standard InChI is InChI=1S/C17H25N3O2/c1-6-10-22-16-11-14(8-9-15(16)21-5)12-19-17(18-4)20-13(3)7-2/h1,8-9,11,13H,7,10,12H2,2-5H3,(H2,18,19,20). The molecule has 5 nitrogen and oxygen atoms in total. The Balaban J connectivity index is 2.71. The Morgan fingerprint density at radius 1 is 1.41 bits per heavy atom. The SMILES string of the molecule is C#CCOc1cc(CNC(=NC)NC(C)CC)ccc1OC. The predicted octanol–water partition coefficient (Wildman–Crippen LogP) is 2.17. The van der Waals surface area contributed by atoms with Crippen molar-refractivity contribution in [3.63, 3.8) is 0 Å². The van der Waals surface area contributed by atoms with Crippen LogP contribution in [0, 0.1) is 12.3 Å². The molecule has 0 fully saturated rings. The van der Waals surface area contributed by atoms with Crippen molar-refractivity contribution < 1.29 is 9.47 Å². The molecule has 0 bridgehead atoms. The van der Waals surface area contributed by atoms with Gasteiger partial charge >= 0.3 is 0 Å². The van der Waals surface area contributed by atoms with Crippen LogP contribution in [0.1, 0.15) is 25.8 Å². The molecule has 22 heavy (non-hydrogen) atoms. The van der Waals surface area contributed by atoms with Crippen molar-refractivity contribution in [1.29, 1.82) is 0 Å². The normalized spacial score (nSPS) is 12.2. The summed E-state index contributed by atoms with van der Waals surface area (Å²) in [4.78, 5) is 4.21. The summed E-state index contributed by atoms with van der Waals surface area (Å²) in [5.74, 6) is 4.54. The van der Waals surface area contributed by atoms with Crippen molar-refractivity contribution in [2.24, 2.45) is 4.99 Å². The average Bonchev–Trinajstić information content (AvgIpc) is 2.56. The van der Waals surface area contributed by atoms with Gasteiger partial charge in [-0.15, -0.1) is 6.42 Å². The van der Waals surface area contributed by atoms with Gasteiger partial charge in [-0.2, -0.15) is 0 Å². The molecule has 0 aliphatic heterocycles. The van der Waals surface area contributed by atoms with Crippen LogP contribution < -0.4 is 20.1 Å². The summed E-state index contributed by atoms with van der Waals surface area (Å²) < 4.78 is 10.8. The largest absolute Gasteiger partial charge is 0.493 e. The molecule has 0 amide bonds. The fourth-order valence-corrected chi connectivity index (χ4v) is 1.78. The molecule has 0 saturated heterocycles. The first-order valence-electron chi connectivity index (χ1n) is 7.34. The molecule has 120 valence electrons. The summed E-state index contributed by atoms with van der Waals surface area (Å²) in [6, 6.07) is 6.13. The Kier molecular flexibility index (Phi) is 7.69. The fourth-order valence-electron chi connectivity index (χ4n) is 1.78. The van der Waals surface area contributed by atoms with Gasteiger partial charge in [-0.1, -0.05) is 18.9 Å². The highest BCUT2D eigenvalue weighted by Gasteiger charge is 2.07. The van der Waals surface area contributed by atoms with E-state index in [0.717, 1.165) is 17.9 Å². The van der Waals surface area contributed by atoms with Crippen molar-refractivity contribution in [2.45, 2.75) is 32.9 Å². The van der Waals surface area contributed by atoms with Crippen LogP contribution in [-0.4, -0.2) is 32.8 Å². The molecular weight excluding hydrogens is 278 g/mol.